The number of alkyl carbamates (subject to hydrolysis) is 1. The van der Waals surface area contributed by atoms with Crippen LogP contribution in [0.3, 0.4) is 0 Å². The molecule has 2 aliphatic heterocycles. The van der Waals surface area contributed by atoms with E-state index in [1.807, 2.05) is 30.3 Å². The maximum absolute atomic E-state index is 13.9. The molecule has 4 N–H and O–H groups in total. The van der Waals surface area contributed by atoms with Gasteiger partial charge in [0, 0.05) is 20.1 Å². The minimum atomic E-state index is -1.17. The number of amides is 4. The molecule has 0 radical (unpaired) electrons. The lowest BCUT2D eigenvalue weighted by Gasteiger charge is -2.32. The number of imidazole rings is 2. The largest absolute Gasteiger partial charge is 0.465 e. The minimum Gasteiger partial charge on any atom is -0.465 e. The smallest absolute Gasteiger partial charge is 0.408 e. The van der Waals surface area contributed by atoms with E-state index in [-0.39, 0.29) is 30.4 Å². The van der Waals surface area contributed by atoms with Crippen LogP contribution < -0.4 is 5.32 Å². The van der Waals surface area contributed by atoms with Crippen LogP contribution in [-0.2, 0) is 14.3 Å². The number of aromatic nitrogens is 4. The molecule has 2 aromatic heterocycles. The molecular formula is C43H48N8O6. The average molecular weight is 773 g/mol. The number of aromatic amines is 2. The summed E-state index contributed by atoms with van der Waals surface area (Å²) in [6.07, 6.45) is 4.90. The number of carboxylic acid groups (broad SMARTS) is 1. The number of hydrogen-bond donors (Lipinski definition) is 4. The molecule has 14 heteroatoms. The molecule has 7 rings (SSSR count). The van der Waals surface area contributed by atoms with E-state index in [9.17, 15) is 24.3 Å². The first-order chi connectivity index (χ1) is 27.4. The van der Waals surface area contributed by atoms with Gasteiger partial charge in [-0.3, -0.25) is 14.5 Å². The molecule has 2 aliphatic rings. The highest BCUT2D eigenvalue weighted by molar-refractivity contribution is 5.87. The van der Waals surface area contributed by atoms with E-state index >= 15 is 0 Å². The van der Waals surface area contributed by atoms with Crippen LogP contribution in [0.25, 0.3) is 33.6 Å². The summed E-state index contributed by atoms with van der Waals surface area (Å²) in [4.78, 5) is 71.7. The zero-order valence-corrected chi connectivity index (χ0v) is 32.6. The summed E-state index contributed by atoms with van der Waals surface area (Å²) in [5.41, 5.74) is 5.64. The van der Waals surface area contributed by atoms with E-state index in [4.69, 9.17) is 4.74 Å². The van der Waals surface area contributed by atoms with Gasteiger partial charge in [-0.15, -0.1) is 0 Å². The number of carbonyl (C=O) groups is 4. The van der Waals surface area contributed by atoms with Crippen LogP contribution >= 0.6 is 0 Å². The monoisotopic (exact) mass is 772 g/mol. The maximum Gasteiger partial charge on any atom is 0.408 e. The second kappa shape index (κ2) is 16.3. The van der Waals surface area contributed by atoms with Gasteiger partial charge in [0.25, 0.3) is 5.91 Å². The molecule has 0 spiro atoms. The summed E-state index contributed by atoms with van der Waals surface area (Å²) in [5.74, 6) is 0.930. The highest BCUT2D eigenvalue weighted by atomic mass is 16.6. The van der Waals surface area contributed by atoms with Crippen molar-refractivity contribution in [2.75, 3.05) is 26.7 Å². The topological polar surface area (TPSA) is 177 Å². The van der Waals surface area contributed by atoms with Crippen molar-refractivity contribution >= 4 is 24.0 Å². The number of likely N-dealkylation sites (tertiary alicyclic amines) is 2. The molecule has 4 amide bonds. The van der Waals surface area contributed by atoms with E-state index < -0.39 is 23.8 Å². The molecular weight excluding hydrogens is 725 g/mol. The quantitative estimate of drug-likeness (QED) is 0.114. The van der Waals surface area contributed by atoms with Crippen LogP contribution in [0.1, 0.15) is 81.8 Å². The lowest BCUT2D eigenvalue weighted by Crippen LogP contribution is -2.43. The van der Waals surface area contributed by atoms with Gasteiger partial charge in [0.2, 0.25) is 5.91 Å². The zero-order chi connectivity index (χ0) is 40.3. The minimum absolute atomic E-state index is 0.141. The van der Waals surface area contributed by atoms with Crippen LogP contribution in [0.4, 0.5) is 9.59 Å². The number of hydrogen-bond acceptors (Lipinski definition) is 7. The number of nitrogens with one attached hydrogen (secondary N) is 3. The molecule has 3 aromatic carbocycles. The second-order valence-electron chi connectivity index (χ2n) is 15.5. The van der Waals surface area contributed by atoms with Gasteiger partial charge in [-0.25, -0.2) is 19.6 Å². The van der Waals surface area contributed by atoms with Crippen molar-refractivity contribution in [1.29, 1.82) is 0 Å². The van der Waals surface area contributed by atoms with Crippen molar-refractivity contribution < 1.29 is 29.0 Å². The Balaban J connectivity index is 0.987. The van der Waals surface area contributed by atoms with Crippen LogP contribution in [0.15, 0.2) is 91.3 Å². The number of likely N-dealkylation sites (N-methyl/N-ethyl adjacent to an activating group) is 1. The third-order valence-electron chi connectivity index (χ3n) is 10.5. The summed E-state index contributed by atoms with van der Waals surface area (Å²) < 4.78 is 5.26. The molecule has 296 valence electrons. The lowest BCUT2D eigenvalue weighted by atomic mass is 10.0. The molecule has 57 heavy (non-hydrogen) atoms. The van der Waals surface area contributed by atoms with Crippen LogP contribution in [-0.4, -0.2) is 96.0 Å². The molecule has 5 aromatic rings. The average Bonchev–Trinajstić information content (AvgIpc) is 4.04. The first kappa shape index (κ1) is 38.8. The Morgan fingerprint density at radius 3 is 1.79 bits per heavy atom. The molecule has 2 saturated heterocycles. The van der Waals surface area contributed by atoms with E-state index in [2.05, 4.69) is 49.5 Å². The van der Waals surface area contributed by atoms with Crippen LogP contribution in [0.5, 0.6) is 0 Å². The SMILES string of the molecule is CN(C(=O)O)[C@@H](C(=O)N1CCC[C@H]1c1ncc(-c2ccc(-c3ccc(-c4cnc([C@@H]5CCCN5C(=O)CNC(=O)OC(C)(C)C)[nH]4)cc3)cc2)[nH]1)c1ccccc1. The second-order valence-corrected chi connectivity index (χ2v) is 15.5. The van der Waals surface area contributed by atoms with Gasteiger partial charge < -0.3 is 34.9 Å². The van der Waals surface area contributed by atoms with Crippen molar-refractivity contribution in [3.05, 3.63) is 108 Å². The fraction of sp³-hybridized carbons (Fsp3) is 0.349. The zero-order valence-electron chi connectivity index (χ0n) is 32.6. The molecule has 3 atom stereocenters. The molecule has 0 unspecified atom stereocenters. The van der Waals surface area contributed by atoms with Gasteiger partial charge in [-0.1, -0.05) is 78.9 Å². The molecule has 2 fully saturated rings. The Bertz CT molecular complexity index is 2210. The van der Waals surface area contributed by atoms with Crippen molar-refractivity contribution in [3.63, 3.8) is 0 Å². The predicted molar refractivity (Wildman–Crippen MR) is 214 cm³/mol. The molecule has 4 heterocycles. The van der Waals surface area contributed by atoms with E-state index in [1.54, 1.807) is 67.2 Å². The summed E-state index contributed by atoms with van der Waals surface area (Å²) >= 11 is 0. The third kappa shape index (κ3) is 8.69. The van der Waals surface area contributed by atoms with Crippen molar-refractivity contribution in [2.24, 2.45) is 0 Å². The fourth-order valence-electron chi connectivity index (χ4n) is 7.65. The number of ether oxygens (including phenoxy) is 1. The number of rotatable bonds is 10. The summed E-state index contributed by atoms with van der Waals surface area (Å²) in [5, 5.41) is 12.3. The Labute approximate surface area is 331 Å². The van der Waals surface area contributed by atoms with E-state index in [0.717, 1.165) is 64.2 Å². The first-order valence-corrected chi connectivity index (χ1v) is 19.2. The molecule has 0 aliphatic carbocycles. The maximum atomic E-state index is 13.9. The van der Waals surface area contributed by atoms with Crippen molar-refractivity contribution in [3.8, 4) is 33.6 Å². The fourth-order valence-corrected chi connectivity index (χ4v) is 7.65. The molecule has 0 saturated carbocycles. The van der Waals surface area contributed by atoms with E-state index in [1.165, 1.54) is 7.05 Å². The highest BCUT2D eigenvalue weighted by Gasteiger charge is 2.39. The summed E-state index contributed by atoms with van der Waals surface area (Å²) in [6.45, 7) is 6.29. The standard InChI is InChI=1S/C43H48N8O6/c1-43(2,3)57-41(54)46-26-36(52)50-22-8-12-34(50)38-44-24-32(47-38)29-18-14-27(15-19-29)28-16-20-30(21-17-28)33-25-45-39(48-33)35-13-9-23-51(35)40(53)37(49(4)42(55)56)31-10-6-5-7-11-31/h5-7,10-11,14-21,24-25,34-35,37H,8-9,12-13,22-23,26H2,1-4H3,(H,44,47)(H,45,48)(H,46,54)(H,55,56)/t34-,35-,37+/m0/s1. The van der Waals surface area contributed by atoms with Crippen LogP contribution in [0, 0.1) is 0 Å². The number of H-pyrrole nitrogens is 2. The lowest BCUT2D eigenvalue weighted by molar-refractivity contribution is -0.137. The van der Waals surface area contributed by atoms with Gasteiger partial charge in [0.1, 0.15) is 29.8 Å². The van der Waals surface area contributed by atoms with Crippen LogP contribution in [0.2, 0.25) is 0 Å². The number of carbonyl (C=O) groups excluding carboxylic acids is 3. The predicted octanol–water partition coefficient (Wildman–Crippen LogP) is 7.34. The van der Waals surface area contributed by atoms with E-state index in [0.29, 0.717) is 30.3 Å². The van der Waals surface area contributed by atoms with Crippen molar-refractivity contribution in [1.82, 2.24) is 40.0 Å². The van der Waals surface area contributed by atoms with Gasteiger partial charge >= 0.3 is 12.2 Å². The Kier molecular flexibility index (Phi) is 11.1. The first-order valence-electron chi connectivity index (χ1n) is 19.2. The van der Waals surface area contributed by atoms with Gasteiger partial charge in [-0.05, 0) is 74.3 Å². The third-order valence-corrected chi connectivity index (χ3v) is 10.5. The van der Waals surface area contributed by atoms with Gasteiger partial charge in [0.15, 0.2) is 0 Å². The normalized spacial score (nSPS) is 17.3. The molecule has 0 bridgehead atoms. The summed E-state index contributed by atoms with van der Waals surface area (Å²) in [7, 11) is 1.43. The highest BCUT2D eigenvalue weighted by Crippen LogP contribution is 2.36. The van der Waals surface area contributed by atoms with Gasteiger partial charge in [-0.2, -0.15) is 0 Å². The number of nitrogens with zero attached hydrogens (tertiary/aromatic N) is 5. The Hall–Kier alpha value is -6.44. The van der Waals surface area contributed by atoms with Gasteiger partial charge in [0.05, 0.1) is 35.9 Å². The van der Waals surface area contributed by atoms with Crippen molar-refractivity contribution in [2.45, 2.75) is 70.2 Å². The Morgan fingerprint density at radius 2 is 1.28 bits per heavy atom. The Morgan fingerprint density at radius 1 is 0.789 bits per heavy atom. The number of benzene rings is 3. The molecule has 14 nitrogen and oxygen atoms in total. The summed E-state index contributed by atoms with van der Waals surface area (Å²) in [6, 6.07) is 23.9.